The third-order valence-electron chi connectivity index (χ3n) is 3.83. The van der Waals surface area contributed by atoms with Crippen molar-refractivity contribution in [1.29, 1.82) is 0 Å². The van der Waals surface area contributed by atoms with Crippen molar-refractivity contribution in [2.45, 2.75) is 19.4 Å². The predicted molar refractivity (Wildman–Crippen MR) is 88.3 cm³/mol. The van der Waals surface area contributed by atoms with E-state index in [2.05, 4.69) is 71.8 Å². The molecule has 3 aromatic rings. The Morgan fingerprint density at radius 2 is 1.86 bits per heavy atom. The molecule has 1 aromatic heterocycles. The van der Waals surface area contributed by atoms with Gasteiger partial charge in [-0.05, 0) is 35.5 Å². The van der Waals surface area contributed by atoms with E-state index in [1.54, 1.807) is 0 Å². The number of rotatable bonds is 5. The molecule has 3 rings (SSSR count). The summed E-state index contributed by atoms with van der Waals surface area (Å²) < 4.78 is 0. The molecule has 0 saturated carbocycles. The first-order valence-electron chi connectivity index (χ1n) is 7.48. The Hall–Kier alpha value is -2.19. The molecule has 21 heavy (non-hydrogen) atoms. The zero-order valence-electron chi connectivity index (χ0n) is 12.3. The first-order chi connectivity index (χ1) is 10.4. The normalized spacial score (nSPS) is 12.4. The summed E-state index contributed by atoms with van der Waals surface area (Å²) in [5, 5.41) is 6.10. The largest absolute Gasteiger partial charge is 0.310 e. The number of nitrogens with one attached hydrogen (secondary N) is 1. The quantitative estimate of drug-likeness (QED) is 0.758. The second kappa shape index (κ2) is 6.51. The SMILES string of the molecule is CCNC(Cc1ccccc1)c1cccc2ccncc12. The maximum Gasteiger partial charge on any atom is 0.0367 e. The summed E-state index contributed by atoms with van der Waals surface area (Å²) >= 11 is 0. The van der Waals surface area contributed by atoms with E-state index in [0.29, 0.717) is 6.04 Å². The number of hydrogen-bond donors (Lipinski definition) is 1. The van der Waals surface area contributed by atoms with E-state index in [0.717, 1.165) is 13.0 Å². The maximum atomic E-state index is 4.30. The van der Waals surface area contributed by atoms with Crippen LogP contribution in [0.5, 0.6) is 0 Å². The average molecular weight is 276 g/mol. The van der Waals surface area contributed by atoms with E-state index in [9.17, 15) is 0 Å². The molecule has 0 saturated heterocycles. The Kier molecular flexibility index (Phi) is 4.27. The van der Waals surface area contributed by atoms with Crippen molar-refractivity contribution in [3.05, 3.63) is 78.1 Å². The van der Waals surface area contributed by atoms with Crippen molar-refractivity contribution in [1.82, 2.24) is 10.3 Å². The predicted octanol–water partition coefficient (Wildman–Crippen LogP) is 4.13. The molecule has 0 aliphatic heterocycles. The highest BCUT2D eigenvalue weighted by Crippen LogP contribution is 2.26. The molecule has 0 radical (unpaired) electrons. The maximum absolute atomic E-state index is 4.30. The minimum atomic E-state index is 0.310. The highest BCUT2D eigenvalue weighted by atomic mass is 14.9. The van der Waals surface area contributed by atoms with Gasteiger partial charge in [0.1, 0.15) is 0 Å². The van der Waals surface area contributed by atoms with Crippen LogP contribution in [0.25, 0.3) is 10.8 Å². The van der Waals surface area contributed by atoms with Gasteiger partial charge >= 0.3 is 0 Å². The van der Waals surface area contributed by atoms with Crippen LogP contribution in [0.4, 0.5) is 0 Å². The van der Waals surface area contributed by atoms with Crippen molar-refractivity contribution in [3.63, 3.8) is 0 Å². The Morgan fingerprint density at radius 1 is 1.00 bits per heavy atom. The van der Waals surface area contributed by atoms with Gasteiger partial charge in [0, 0.05) is 23.8 Å². The Morgan fingerprint density at radius 3 is 2.67 bits per heavy atom. The van der Waals surface area contributed by atoms with Crippen LogP contribution in [0.3, 0.4) is 0 Å². The first kappa shape index (κ1) is 13.8. The molecule has 1 atom stereocenters. The molecule has 1 N–H and O–H groups in total. The van der Waals surface area contributed by atoms with Crippen molar-refractivity contribution >= 4 is 10.8 Å². The van der Waals surface area contributed by atoms with Crippen molar-refractivity contribution < 1.29 is 0 Å². The number of aromatic nitrogens is 1. The molecule has 0 spiro atoms. The standard InChI is InChI=1S/C19H20N2/c1-2-21-19(13-15-7-4-3-5-8-15)17-10-6-9-16-11-12-20-14-18(16)17/h3-12,14,19,21H,2,13H2,1H3. The highest BCUT2D eigenvalue weighted by Gasteiger charge is 2.14. The van der Waals surface area contributed by atoms with Crippen molar-refractivity contribution in [2.75, 3.05) is 6.54 Å². The molecule has 0 amide bonds. The molecule has 0 aliphatic rings. The minimum absolute atomic E-state index is 0.310. The Labute approximate surface area is 125 Å². The van der Waals surface area contributed by atoms with Gasteiger partial charge in [-0.3, -0.25) is 4.98 Å². The van der Waals surface area contributed by atoms with E-state index in [-0.39, 0.29) is 0 Å². The topological polar surface area (TPSA) is 24.9 Å². The van der Waals surface area contributed by atoms with Gasteiger partial charge in [0.15, 0.2) is 0 Å². The lowest BCUT2D eigenvalue weighted by molar-refractivity contribution is 0.553. The molecule has 1 heterocycles. The van der Waals surface area contributed by atoms with Crippen LogP contribution in [-0.2, 0) is 6.42 Å². The van der Waals surface area contributed by atoms with Crippen LogP contribution in [-0.4, -0.2) is 11.5 Å². The van der Waals surface area contributed by atoms with Crippen molar-refractivity contribution in [2.24, 2.45) is 0 Å². The third-order valence-corrected chi connectivity index (χ3v) is 3.83. The summed E-state index contributed by atoms with van der Waals surface area (Å²) in [6, 6.07) is 19.5. The lowest BCUT2D eigenvalue weighted by Crippen LogP contribution is -2.23. The van der Waals surface area contributed by atoms with Crippen LogP contribution in [0.1, 0.15) is 24.1 Å². The summed E-state index contributed by atoms with van der Waals surface area (Å²) in [5.74, 6) is 0. The summed E-state index contributed by atoms with van der Waals surface area (Å²) in [6.07, 6.45) is 4.81. The number of benzene rings is 2. The third kappa shape index (κ3) is 3.11. The van der Waals surface area contributed by atoms with E-state index in [4.69, 9.17) is 0 Å². The van der Waals surface area contributed by atoms with E-state index in [1.165, 1.54) is 21.9 Å². The fourth-order valence-corrected chi connectivity index (χ4v) is 2.83. The zero-order chi connectivity index (χ0) is 14.5. The minimum Gasteiger partial charge on any atom is -0.310 e. The molecule has 2 aromatic carbocycles. The van der Waals surface area contributed by atoms with Crippen LogP contribution < -0.4 is 5.32 Å². The van der Waals surface area contributed by atoms with Crippen LogP contribution in [0, 0.1) is 0 Å². The molecule has 2 nitrogen and oxygen atoms in total. The summed E-state index contributed by atoms with van der Waals surface area (Å²) in [4.78, 5) is 4.30. The van der Waals surface area contributed by atoms with Crippen LogP contribution >= 0.6 is 0 Å². The second-order valence-electron chi connectivity index (χ2n) is 5.24. The fourth-order valence-electron chi connectivity index (χ4n) is 2.83. The average Bonchev–Trinajstić information content (AvgIpc) is 2.55. The molecular weight excluding hydrogens is 256 g/mol. The van der Waals surface area contributed by atoms with Gasteiger partial charge < -0.3 is 5.32 Å². The highest BCUT2D eigenvalue weighted by molar-refractivity contribution is 5.85. The molecule has 106 valence electrons. The zero-order valence-corrected chi connectivity index (χ0v) is 12.3. The van der Waals surface area contributed by atoms with E-state index >= 15 is 0 Å². The smallest absolute Gasteiger partial charge is 0.0367 e. The van der Waals surface area contributed by atoms with Gasteiger partial charge in [-0.15, -0.1) is 0 Å². The molecule has 1 unspecified atom stereocenters. The summed E-state index contributed by atoms with van der Waals surface area (Å²) in [7, 11) is 0. The number of hydrogen-bond acceptors (Lipinski definition) is 2. The van der Waals surface area contributed by atoms with E-state index < -0.39 is 0 Å². The molecular formula is C19H20N2. The van der Waals surface area contributed by atoms with Gasteiger partial charge in [0.25, 0.3) is 0 Å². The number of likely N-dealkylation sites (N-methyl/N-ethyl adjacent to an activating group) is 1. The lowest BCUT2D eigenvalue weighted by atomic mass is 9.95. The summed E-state index contributed by atoms with van der Waals surface area (Å²) in [5.41, 5.74) is 2.68. The van der Waals surface area contributed by atoms with Crippen LogP contribution in [0.2, 0.25) is 0 Å². The van der Waals surface area contributed by atoms with Crippen molar-refractivity contribution in [3.8, 4) is 0 Å². The van der Waals surface area contributed by atoms with Gasteiger partial charge in [-0.25, -0.2) is 0 Å². The van der Waals surface area contributed by atoms with Gasteiger partial charge in [-0.1, -0.05) is 55.5 Å². The van der Waals surface area contributed by atoms with Gasteiger partial charge in [-0.2, -0.15) is 0 Å². The number of pyridine rings is 1. The first-order valence-corrected chi connectivity index (χ1v) is 7.48. The number of fused-ring (bicyclic) bond motifs is 1. The number of nitrogens with zero attached hydrogens (tertiary/aromatic N) is 1. The molecule has 0 fully saturated rings. The van der Waals surface area contributed by atoms with Gasteiger partial charge in [0.05, 0.1) is 0 Å². The molecule has 2 heteroatoms. The summed E-state index contributed by atoms with van der Waals surface area (Å²) in [6.45, 7) is 3.11. The molecule has 0 aliphatic carbocycles. The van der Waals surface area contributed by atoms with Gasteiger partial charge in [0.2, 0.25) is 0 Å². The Bertz CT molecular complexity index is 702. The lowest BCUT2D eigenvalue weighted by Gasteiger charge is -2.20. The van der Waals surface area contributed by atoms with E-state index in [1.807, 2.05) is 12.4 Å². The monoisotopic (exact) mass is 276 g/mol. The second-order valence-corrected chi connectivity index (χ2v) is 5.24. The fraction of sp³-hybridized carbons (Fsp3) is 0.211. The van der Waals surface area contributed by atoms with Crippen LogP contribution in [0.15, 0.2) is 67.0 Å². The molecule has 0 bridgehead atoms. The Balaban J connectivity index is 1.99.